The van der Waals surface area contributed by atoms with Crippen molar-refractivity contribution in [3.8, 4) is 11.3 Å². The van der Waals surface area contributed by atoms with Gasteiger partial charge in [-0.1, -0.05) is 12.1 Å². The fourth-order valence-corrected chi connectivity index (χ4v) is 1.76. The number of nitrogens with two attached hydrogens (primary N) is 1. The van der Waals surface area contributed by atoms with E-state index in [1.165, 1.54) is 13.0 Å². The lowest BCUT2D eigenvalue weighted by molar-refractivity contribution is 0.0974. The molecule has 0 bridgehead atoms. The Morgan fingerprint density at radius 2 is 2.06 bits per heavy atom. The fourth-order valence-electron chi connectivity index (χ4n) is 1.76. The number of ketones is 1. The second-order valence-electron chi connectivity index (χ2n) is 3.61. The predicted molar refractivity (Wildman–Crippen MR) is 62.5 cm³/mol. The zero-order valence-corrected chi connectivity index (χ0v) is 9.23. The van der Waals surface area contributed by atoms with Gasteiger partial charge in [-0.2, -0.15) is 5.10 Å². The van der Waals surface area contributed by atoms with E-state index in [1.807, 2.05) is 0 Å². The number of hydrogen-bond donors (Lipinski definition) is 2. The number of nitrogens with one attached hydrogen (secondary N) is 1. The summed E-state index contributed by atoms with van der Waals surface area (Å²) in [4.78, 5) is 22.9. The van der Waals surface area contributed by atoms with Crippen molar-refractivity contribution in [1.29, 1.82) is 0 Å². The highest BCUT2D eigenvalue weighted by Gasteiger charge is 2.18. The zero-order chi connectivity index (χ0) is 12.4. The number of carbonyl (C=O) groups excluding carboxylic acids is 2. The third-order valence-electron chi connectivity index (χ3n) is 2.46. The van der Waals surface area contributed by atoms with E-state index in [2.05, 4.69) is 10.2 Å². The Kier molecular flexibility index (Phi) is 2.74. The number of benzene rings is 1. The predicted octanol–water partition coefficient (Wildman–Crippen LogP) is 1.38. The molecular formula is C12H11N3O2. The number of amides is 1. The van der Waals surface area contributed by atoms with Crippen molar-refractivity contribution in [2.75, 3.05) is 0 Å². The van der Waals surface area contributed by atoms with Crippen molar-refractivity contribution in [3.63, 3.8) is 0 Å². The molecular weight excluding hydrogens is 218 g/mol. The second kappa shape index (κ2) is 4.21. The Labute approximate surface area is 97.6 Å². The molecule has 1 heterocycles. The lowest BCUT2D eigenvalue weighted by Gasteiger charge is -2.08. The Morgan fingerprint density at radius 3 is 2.59 bits per heavy atom. The minimum atomic E-state index is -0.618. The molecule has 0 aliphatic rings. The molecule has 0 saturated carbocycles. The number of rotatable bonds is 3. The van der Waals surface area contributed by atoms with Crippen molar-refractivity contribution in [3.05, 3.63) is 41.6 Å². The number of carbonyl (C=O) groups is 2. The van der Waals surface area contributed by atoms with Crippen LogP contribution in [0, 0.1) is 0 Å². The van der Waals surface area contributed by atoms with Gasteiger partial charge >= 0.3 is 0 Å². The van der Waals surface area contributed by atoms with Gasteiger partial charge in [0.2, 0.25) is 5.91 Å². The van der Waals surface area contributed by atoms with E-state index >= 15 is 0 Å². The average molecular weight is 229 g/mol. The topological polar surface area (TPSA) is 88.8 Å². The Bertz CT molecular complexity index is 573. The first-order valence-corrected chi connectivity index (χ1v) is 5.05. The maximum Gasteiger partial charge on any atom is 0.249 e. The van der Waals surface area contributed by atoms with Gasteiger partial charge in [-0.05, 0) is 19.1 Å². The highest BCUT2D eigenvalue weighted by molar-refractivity contribution is 6.10. The maximum absolute atomic E-state index is 11.6. The lowest BCUT2D eigenvalue weighted by Crippen LogP contribution is -2.16. The molecule has 0 aliphatic heterocycles. The highest BCUT2D eigenvalue weighted by atomic mass is 16.1. The van der Waals surface area contributed by atoms with Gasteiger partial charge < -0.3 is 5.73 Å². The molecule has 2 aromatic rings. The molecule has 0 atom stereocenters. The van der Waals surface area contributed by atoms with E-state index in [0.717, 1.165) is 0 Å². The molecule has 0 spiro atoms. The third kappa shape index (κ3) is 1.94. The quantitative estimate of drug-likeness (QED) is 0.779. The standard InChI is InChI=1S/C12H11N3O2/c1-7(16)11-8(10-5-6-14-15-10)3-2-4-9(11)12(13)17/h2-6H,1H3,(H2,13,17)(H,14,15). The van der Waals surface area contributed by atoms with Crippen LogP contribution >= 0.6 is 0 Å². The smallest absolute Gasteiger partial charge is 0.249 e. The summed E-state index contributed by atoms with van der Waals surface area (Å²) in [5.41, 5.74) is 7.00. The van der Waals surface area contributed by atoms with Gasteiger partial charge in [0.25, 0.3) is 0 Å². The number of hydrogen-bond acceptors (Lipinski definition) is 3. The maximum atomic E-state index is 11.6. The van der Waals surface area contributed by atoms with Crippen LogP contribution in [0.15, 0.2) is 30.5 Å². The number of Topliss-reactive ketones (excluding diaryl/α,β-unsaturated/α-hetero) is 1. The molecule has 0 radical (unpaired) electrons. The fraction of sp³-hybridized carbons (Fsp3) is 0.0833. The van der Waals surface area contributed by atoms with Crippen LogP contribution in [-0.4, -0.2) is 21.9 Å². The second-order valence-corrected chi connectivity index (χ2v) is 3.61. The van der Waals surface area contributed by atoms with E-state index in [0.29, 0.717) is 16.8 Å². The molecule has 2 rings (SSSR count). The molecule has 3 N–H and O–H groups in total. The Balaban J connectivity index is 2.72. The minimum absolute atomic E-state index is 0.211. The van der Waals surface area contributed by atoms with Crippen molar-refractivity contribution in [1.82, 2.24) is 10.2 Å². The first kappa shape index (κ1) is 11.1. The molecule has 0 fully saturated rings. The molecule has 0 aliphatic carbocycles. The molecule has 1 aromatic heterocycles. The summed E-state index contributed by atoms with van der Waals surface area (Å²) in [6, 6.07) is 6.68. The first-order valence-electron chi connectivity index (χ1n) is 5.05. The Morgan fingerprint density at radius 1 is 1.29 bits per heavy atom. The van der Waals surface area contributed by atoms with Crippen LogP contribution in [0.3, 0.4) is 0 Å². The average Bonchev–Trinajstić information content (AvgIpc) is 2.81. The van der Waals surface area contributed by atoms with Gasteiger partial charge in [-0.25, -0.2) is 0 Å². The molecule has 0 unspecified atom stereocenters. The summed E-state index contributed by atoms with van der Waals surface area (Å²) >= 11 is 0. The lowest BCUT2D eigenvalue weighted by atomic mass is 9.95. The van der Waals surface area contributed by atoms with Crippen LogP contribution in [-0.2, 0) is 0 Å². The number of aromatic amines is 1. The van der Waals surface area contributed by atoms with E-state index in [1.54, 1.807) is 24.4 Å². The van der Waals surface area contributed by atoms with Crippen molar-refractivity contribution < 1.29 is 9.59 Å². The molecule has 5 heteroatoms. The summed E-state index contributed by atoms with van der Waals surface area (Å²) in [6.45, 7) is 1.40. The molecule has 86 valence electrons. The molecule has 0 saturated heterocycles. The van der Waals surface area contributed by atoms with Crippen molar-refractivity contribution >= 4 is 11.7 Å². The zero-order valence-electron chi connectivity index (χ0n) is 9.23. The summed E-state index contributed by atoms with van der Waals surface area (Å²) in [7, 11) is 0. The van der Waals surface area contributed by atoms with E-state index in [4.69, 9.17) is 5.73 Å². The van der Waals surface area contributed by atoms with Crippen molar-refractivity contribution in [2.24, 2.45) is 5.73 Å². The van der Waals surface area contributed by atoms with Crippen LogP contribution in [0.1, 0.15) is 27.6 Å². The van der Waals surface area contributed by atoms with Crippen LogP contribution in [0.4, 0.5) is 0 Å². The number of H-pyrrole nitrogens is 1. The summed E-state index contributed by atoms with van der Waals surface area (Å²) < 4.78 is 0. The van der Waals surface area contributed by atoms with Gasteiger partial charge in [0.05, 0.1) is 11.3 Å². The van der Waals surface area contributed by atoms with E-state index < -0.39 is 5.91 Å². The van der Waals surface area contributed by atoms with Gasteiger partial charge in [-0.15, -0.1) is 0 Å². The third-order valence-corrected chi connectivity index (χ3v) is 2.46. The SMILES string of the molecule is CC(=O)c1c(C(N)=O)cccc1-c1cc[nH]n1. The number of nitrogens with zero attached hydrogens (tertiary/aromatic N) is 1. The Hall–Kier alpha value is -2.43. The highest BCUT2D eigenvalue weighted by Crippen LogP contribution is 2.24. The van der Waals surface area contributed by atoms with Crippen LogP contribution in [0.25, 0.3) is 11.3 Å². The van der Waals surface area contributed by atoms with Gasteiger partial charge in [0.1, 0.15) is 0 Å². The van der Waals surface area contributed by atoms with Crippen LogP contribution < -0.4 is 5.73 Å². The van der Waals surface area contributed by atoms with E-state index in [-0.39, 0.29) is 11.3 Å². The van der Waals surface area contributed by atoms with Crippen molar-refractivity contribution in [2.45, 2.75) is 6.92 Å². The first-order chi connectivity index (χ1) is 8.11. The van der Waals surface area contributed by atoms with Crippen LogP contribution in [0.5, 0.6) is 0 Å². The molecule has 5 nitrogen and oxygen atoms in total. The number of aromatic nitrogens is 2. The van der Waals surface area contributed by atoms with E-state index in [9.17, 15) is 9.59 Å². The minimum Gasteiger partial charge on any atom is -0.366 e. The molecule has 1 aromatic carbocycles. The summed E-state index contributed by atoms with van der Waals surface area (Å²) in [5, 5.41) is 6.67. The number of primary amides is 1. The summed E-state index contributed by atoms with van der Waals surface area (Å²) in [5.74, 6) is -0.829. The summed E-state index contributed by atoms with van der Waals surface area (Å²) in [6.07, 6.45) is 1.65. The molecule has 1 amide bonds. The van der Waals surface area contributed by atoms with Crippen LogP contribution in [0.2, 0.25) is 0 Å². The normalized spacial score (nSPS) is 10.2. The van der Waals surface area contributed by atoms with Gasteiger partial charge in [0.15, 0.2) is 5.78 Å². The largest absolute Gasteiger partial charge is 0.366 e. The monoisotopic (exact) mass is 229 g/mol. The van der Waals surface area contributed by atoms with Gasteiger partial charge in [-0.3, -0.25) is 14.7 Å². The molecule has 17 heavy (non-hydrogen) atoms. The van der Waals surface area contributed by atoms with Gasteiger partial charge in [0, 0.05) is 17.3 Å².